The van der Waals surface area contributed by atoms with Crippen LogP contribution < -0.4 is 4.90 Å². The Morgan fingerprint density at radius 2 is 2.00 bits per heavy atom. The molecule has 0 aliphatic carbocycles. The third-order valence-electron chi connectivity index (χ3n) is 3.81. The lowest BCUT2D eigenvalue weighted by Crippen LogP contribution is -2.28. The van der Waals surface area contributed by atoms with E-state index < -0.39 is 0 Å². The molecule has 2 unspecified atom stereocenters. The number of aliphatic hydroxyl groups excluding tert-OH is 1. The first kappa shape index (κ1) is 10.9. The van der Waals surface area contributed by atoms with Gasteiger partial charge in [-0.1, -0.05) is 0 Å². The molecule has 1 N–H and O–H groups in total. The van der Waals surface area contributed by atoms with Crippen molar-refractivity contribution in [3.8, 4) is 0 Å². The molecule has 1 aromatic rings. The molecule has 0 amide bonds. The fourth-order valence-corrected chi connectivity index (χ4v) is 3.02. The van der Waals surface area contributed by atoms with Gasteiger partial charge >= 0.3 is 0 Å². The van der Waals surface area contributed by atoms with Crippen LogP contribution in [0.25, 0.3) is 0 Å². The number of nitrogens with zero attached hydrogens (tertiary/aromatic N) is 4. The molecule has 5 heteroatoms. The molecule has 1 aromatic heterocycles. The third kappa shape index (κ3) is 2.00. The maximum atomic E-state index is 9.09. The molecule has 0 spiro atoms. The Kier molecular flexibility index (Phi) is 2.72. The van der Waals surface area contributed by atoms with Gasteiger partial charge in [0, 0.05) is 32.4 Å². The Hall–Kier alpha value is -1.20. The van der Waals surface area contributed by atoms with E-state index >= 15 is 0 Å². The van der Waals surface area contributed by atoms with Crippen molar-refractivity contribution in [3.63, 3.8) is 0 Å². The summed E-state index contributed by atoms with van der Waals surface area (Å²) >= 11 is 0. The summed E-state index contributed by atoms with van der Waals surface area (Å²) in [6, 6.07) is 1.76. The molecule has 3 heterocycles. The van der Waals surface area contributed by atoms with Gasteiger partial charge in [0.2, 0.25) is 5.95 Å². The highest BCUT2D eigenvalue weighted by Gasteiger charge is 2.39. The number of fused-ring (bicyclic) bond motifs is 1. The van der Waals surface area contributed by atoms with Crippen molar-refractivity contribution in [2.75, 3.05) is 38.1 Å². The van der Waals surface area contributed by atoms with Crippen molar-refractivity contribution in [2.24, 2.45) is 11.8 Å². The monoisotopic (exact) mass is 234 g/mol. The van der Waals surface area contributed by atoms with Gasteiger partial charge in [0.15, 0.2) is 0 Å². The number of likely N-dealkylation sites (tertiary alicyclic amines) is 1. The molecule has 92 valence electrons. The molecule has 2 fully saturated rings. The minimum atomic E-state index is -0.0149. The van der Waals surface area contributed by atoms with Crippen molar-refractivity contribution in [1.29, 1.82) is 0 Å². The van der Waals surface area contributed by atoms with E-state index in [0.29, 0.717) is 5.69 Å². The van der Waals surface area contributed by atoms with Crippen molar-refractivity contribution in [2.45, 2.75) is 6.61 Å². The van der Waals surface area contributed by atoms with Crippen LogP contribution in [0.2, 0.25) is 0 Å². The zero-order chi connectivity index (χ0) is 11.8. The molecule has 2 atom stereocenters. The minimum Gasteiger partial charge on any atom is -0.390 e. The maximum absolute atomic E-state index is 9.09. The fourth-order valence-electron chi connectivity index (χ4n) is 3.02. The van der Waals surface area contributed by atoms with E-state index in [1.165, 1.54) is 13.1 Å². The van der Waals surface area contributed by atoms with Crippen molar-refractivity contribution >= 4 is 5.95 Å². The average molecular weight is 234 g/mol. The number of anilines is 1. The highest BCUT2D eigenvalue weighted by molar-refractivity contribution is 5.33. The van der Waals surface area contributed by atoms with E-state index in [1.807, 2.05) is 0 Å². The first-order valence-corrected chi connectivity index (χ1v) is 6.12. The molecular weight excluding hydrogens is 216 g/mol. The first-order chi connectivity index (χ1) is 8.26. The lowest BCUT2D eigenvalue weighted by atomic mass is 10.0. The predicted octanol–water partition coefficient (Wildman–Crippen LogP) is -0.0333. The SMILES string of the molecule is CN1CC2CN(c3nccc(CO)n3)CC2C1. The molecule has 2 aliphatic rings. The Bertz CT molecular complexity index is 397. The first-order valence-electron chi connectivity index (χ1n) is 6.12. The predicted molar refractivity (Wildman–Crippen MR) is 64.6 cm³/mol. The van der Waals surface area contributed by atoms with Gasteiger partial charge in [0.1, 0.15) is 0 Å². The van der Waals surface area contributed by atoms with Gasteiger partial charge in [-0.2, -0.15) is 0 Å². The Balaban J connectivity index is 1.74. The van der Waals surface area contributed by atoms with Gasteiger partial charge in [0.25, 0.3) is 0 Å². The highest BCUT2D eigenvalue weighted by Crippen LogP contribution is 2.31. The van der Waals surface area contributed by atoms with Crippen molar-refractivity contribution in [1.82, 2.24) is 14.9 Å². The number of rotatable bonds is 2. The van der Waals surface area contributed by atoms with E-state index in [-0.39, 0.29) is 6.61 Å². The van der Waals surface area contributed by atoms with E-state index in [4.69, 9.17) is 5.11 Å². The number of hydrogen-bond donors (Lipinski definition) is 1. The summed E-state index contributed by atoms with van der Waals surface area (Å²) in [5.41, 5.74) is 0.698. The van der Waals surface area contributed by atoms with Gasteiger partial charge in [-0.15, -0.1) is 0 Å². The third-order valence-corrected chi connectivity index (χ3v) is 3.81. The van der Waals surface area contributed by atoms with Crippen LogP contribution >= 0.6 is 0 Å². The molecule has 2 aliphatic heterocycles. The van der Waals surface area contributed by atoms with Crippen LogP contribution in [0.15, 0.2) is 12.3 Å². The second-order valence-corrected chi connectivity index (χ2v) is 5.15. The van der Waals surface area contributed by atoms with Crippen molar-refractivity contribution in [3.05, 3.63) is 18.0 Å². The summed E-state index contributed by atoms with van der Waals surface area (Å²) in [6.07, 6.45) is 1.73. The van der Waals surface area contributed by atoms with Crippen LogP contribution in [-0.4, -0.2) is 53.2 Å². The number of aliphatic hydroxyl groups is 1. The average Bonchev–Trinajstić information content (AvgIpc) is 2.86. The van der Waals surface area contributed by atoms with Crippen LogP contribution in [0, 0.1) is 11.8 Å². The summed E-state index contributed by atoms with van der Waals surface area (Å²) in [5, 5.41) is 9.09. The van der Waals surface area contributed by atoms with Crippen LogP contribution in [0.4, 0.5) is 5.95 Å². The smallest absolute Gasteiger partial charge is 0.225 e. The molecule has 0 aromatic carbocycles. The quantitative estimate of drug-likeness (QED) is 0.778. The molecule has 0 saturated carbocycles. The van der Waals surface area contributed by atoms with Crippen molar-refractivity contribution < 1.29 is 5.11 Å². The molecular formula is C12H18N4O. The molecule has 0 bridgehead atoms. The van der Waals surface area contributed by atoms with E-state index in [2.05, 4.69) is 26.8 Å². The highest BCUT2D eigenvalue weighted by atomic mass is 16.3. The second kappa shape index (κ2) is 4.23. The lowest BCUT2D eigenvalue weighted by Gasteiger charge is -2.19. The van der Waals surface area contributed by atoms with Gasteiger partial charge in [-0.05, 0) is 24.9 Å². The van der Waals surface area contributed by atoms with Crippen LogP contribution in [0.5, 0.6) is 0 Å². The fraction of sp³-hybridized carbons (Fsp3) is 0.667. The zero-order valence-electron chi connectivity index (χ0n) is 10.1. The van der Waals surface area contributed by atoms with Gasteiger partial charge in [-0.3, -0.25) is 0 Å². The standard InChI is InChI=1S/C12H18N4O/c1-15-4-9-6-16(7-10(9)5-15)12-13-3-2-11(8-17)14-12/h2-3,9-10,17H,4-8H2,1H3. The van der Waals surface area contributed by atoms with E-state index in [0.717, 1.165) is 30.9 Å². The van der Waals surface area contributed by atoms with E-state index in [9.17, 15) is 0 Å². The number of hydrogen-bond acceptors (Lipinski definition) is 5. The summed E-state index contributed by atoms with van der Waals surface area (Å²) in [6.45, 7) is 4.44. The lowest BCUT2D eigenvalue weighted by molar-refractivity contribution is 0.276. The molecule has 5 nitrogen and oxygen atoms in total. The van der Waals surface area contributed by atoms with Crippen LogP contribution in [0.3, 0.4) is 0 Å². The van der Waals surface area contributed by atoms with Gasteiger partial charge in [-0.25, -0.2) is 9.97 Å². The molecule has 3 rings (SSSR count). The van der Waals surface area contributed by atoms with Gasteiger partial charge < -0.3 is 14.9 Å². The summed E-state index contributed by atoms with van der Waals surface area (Å²) in [4.78, 5) is 13.3. The zero-order valence-corrected chi connectivity index (χ0v) is 10.1. The topological polar surface area (TPSA) is 52.5 Å². The number of aromatic nitrogens is 2. The Morgan fingerprint density at radius 3 is 2.65 bits per heavy atom. The second-order valence-electron chi connectivity index (χ2n) is 5.15. The molecule has 0 radical (unpaired) electrons. The van der Waals surface area contributed by atoms with Gasteiger partial charge in [0.05, 0.1) is 12.3 Å². The summed E-state index contributed by atoms with van der Waals surface area (Å²) in [7, 11) is 2.19. The van der Waals surface area contributed by atoms with Crippen LogP contribution in [-0.2, 0) is 6.61 Å². The molecule has 17 heavy (non-hydrogen) atoms. The van der Waals surface area contributed by atoms with Crippen LogP contribution in [0.1, 0.15) is 5.69 Å². The Morgan fingerprint density at radius 1 is 1.29 bits per heavy atom. The largest absolute Gasteiger partial charge is 0.390 e. The molecule has 2 saturated heterocycles. The Labute approximate surface area is 101 Å². The normalized spacial score (nSPS) is 28.7. The van der Waals surface area contributed by atoms with E-state index in [1.54, 1.807) is 12.3 Å². The maximum Gasteiger partial charge on any atom is 0.225 e. The minimum absolute atomic E-state index is 0.0149. The summed E-state index contributed by atoms with van der Waals surface area (Å²) < 4.78 is 0. The summed E-state index contributed by atoms with van der Waals surface area (Å²) in [5.74, 6) is 2.27.